The third-order valence-corrected chi connectivity index (χ3v) is 5.96. The maximum absolute atomic E-state index is 12.6. The molecule has 1 aliphatic heterocycles. The Morgan fingerprint density at radius 2 is 1.69 bits per heavy atom. The van der Waals surface area contributed by atoms with E-state index in [9.17, 15) is 8.42 Å². The highest BCUT2D eigenvalue weighted by Gasteiger charge is 2.16. The van der Waals surface area contributed by atoms with Crippen LogP contribution in [0.1, 0.15) is 24.8 Å². The highest BCUT2D eigenvalue weighted by Crippen LogP contribution is 2.26. The molecule has 1 aliphatic rings. The summed E-state index contributed by atoms with van der Waals surface area (Å²) in [5, 5.41) is 0. The van der Waals surface area contributed by atoms with E-state index in [1.807, 2.05) is 13.0 Å². The summed E-state index contributed by atoms with van der Waals surface area (Å²) in [6.45, 7) is 5.56. The summed E-state index contributed by atoms with van der Waals surface area (Å²) in [6.07, 6.45) is 3.79. The largest absolute Gasteiger partial charge is 0.490 e. The molecule has 1 saturated heterocycles. The monoisotopic (exact) mass is 374 g/mol. The molecule has 0 spiro atoms. The lowest BCUT2D eigenvalue weighted by Gasteiger charge is -2.26. The Morgan fingerprint density at radius 3 is 2.42 bits per heavy atom. The lowest BCUT2D eigenvalue weighted by molar-refractivity contribution is 0.184. The van der Waals surface area contributed by atoms with Crippen molar-refractivity contribution in [2.24, 2.45) is 0 Å². The Kier molecular flexibility index (Phi) is 6.16. The van der Waals surface area contributed by atoms with Crippen LogP contribution in [0.25, 0.3) is 0 Å². The fourth-order valence-corrected chi connectivity index (χ4v) is 4.14. The van der Waals surface area contributed by atoms with Crippen molar-refractivity contribution in [3.05, 3.63) is 54.1 Å². The Morgan fingerprint density at radius 1 is 1.00 bits per heavy atom. The minimum atomic E-state index is -3.64. The molecule has 26 heavy (non-hydrogen) atoms. The summed E-state index contributed by atoms with van der Waals surface area (Å²) in [7, 11) is -3.64. The molecule has 1 fully saturated rings. The van der Waals surface area contributed by atoms with Crippen LogP contribution in [-0.4, -0.2) is 39.6 Å². The normalized spacial score (nSPS) is 15.6. The van der Waals surface area contributed by atoms with Gasteiger partial charge >= 0.3 is 0 Å². The molecule has 0 unspecified atom stereocenters. The molecule has 0 bridgehead atoms. The van der Waals surface area contributed by atoms with Crippen LogP contribution in [0, 0.1) is 6.92 Å². The molecule has 0 amide bonds. The van der Waals surface area contributed by atoms with Crippen molar-refractivity contribution in [1.29, 1.82) is 0 Å². The van der Waals surface area contributed by atoms with Crippen LogP contribution in [0.15, 0.2) is 53.4 Å². The number of sulfonamides is 1. The molecule has 6 heteroatoms. The predicted molar refractivity (Wildman–Crippen MR) is 104 cm³/mol. The first-order valence-electron chi connectivity index (χ1n) is 9.08. The van der Waals surface area contributed by atoms with E-state index in [2.05, 4.69) is 9.62 Å². The highest BCUT2D eigenvalue weighted by molar-refractivity contribution is 7.92. The molecule has 0 radical (unpaired) electrons. The maximum Gasteiger partial charge on any atom is 0.262 e. The Labute approximate surface area is 156 Å². The zero-order valence-electron chi connectivity index (χ0n) is 15.1. The standard InChI is InChI=1S/C20H26N2O3S/c1-17-9-11-18(12-10-17)26(23,24)21-19-7-3-4-8-20(19)25-16-15-22-13-5-2-6-14-22/h3-4,7-12,21H,2,5-6,13-16H2,1H3. The summed E-state index contributed by atoms with van der Waals surface area (Å²) < 4.78 is 33.7. The molecule has 0 saturated carbocycles. The molecule has 5 nitrogen and oxygen atoms in total. The van der Waals surface area contributed by atoms with Crippen molar-refractivity contribution in [3.63, 3.8) is 0 Å². The lowest BCUT2D eigenvalue weighted by Crippen LogP contribution is -2.33. The van der Waals surface area contributed by atoms with E-state index in [0.29, 0.717) is 18.0 Å². The molecule has 2 aromatic rings. The molecule has 0 aromatic heterocycles. The summed E-state index contributed by atoms with van der Waals surface area (Å²) in [6, 6.07) is 14.0. The van der Waals surface area contributed by atoms with Gasteiger partial charge < -0.3 is 4.74 Å². The van der Waals surface area contributed by atoms with E-state index in [1.54, 1.807) is 42.5 Å². The lowest BCUT2D eigenvalue weighted by atomic mass is 10.1. The van der Waals surface area contributed by atoms with Gasteiger partial charge in [0.05, 0.1) is 10.6 Å². The van der Waals surface area contributed by atoms with Crippen molar-refractivity contribution in [2.75, 3.05) is 31.0 Å². The summed E-state index contributed by atoms with van der Waals surface area (Å²) in [5.74, 6) is 0.556. The van der Waals surface area contributed by atoms with E-state index >= 15 is 0 Å². The van der Waals surface area contributed by atoms with Gasteiger partial charge in [-0.2, -0.15) is 0 Å². The minimum Gasteiger partial charge on any atom is -0.490 e. The van der Waals surface area contributed by atoms with Gasteiger partial charge in [0.25, 0.3) is 10.0 Å². The fourth-order valence-electron chi connectivity index (χ4n) is 3.07. The Balaban J connectivity index is 1.65. The number of aryl methyl sites for hydroxylation is 1. The third-order valence-electron chi connectivity index (χ3n) is 4.58. The van der Waals surface area contributed by atoms with Gasteiger partial charge in [-0.3, -0.25) is 9.62 Å². The molecule has 1 heterocycles. The predicted octanol–water partition coefficient (Wildman–Crippen LogP) is 3.66. The molecule has 0 aliphatic carbocycles. The maximum atomic E-state index is 12.6. The summed E-state index contributed by atoms with van der Waals surface area (Å²) in [4.78, 5) is 2.63. The van der Waals surface area contributed by atoms with Gasteiger partial charge in [-0.05, 0) is 57.1 Å². The first kappa shape index (κ1) is 18.7. The number of hydrogen-bond acceptors (Lipinski definition) is 4. The molecule has 140 valence electrons. The average Bonchev–Trinajstić information content (AvgIpc) is 2.64. The molecular weight excluding hydrogens is 348 g/mol. The Bertz CT molecular complexity index is 813. The van der Waals surface area contributed by atoms with Crippen molar-refractivity contribution in [3.8, 4) is 5.75 Å². The minimum absolute atomic E-state index is 0.242. The number of piperidine rings is 1. The van der Waals surface area contributed by atoms with E-state index in [1.165, 1.54) is 19.3 Å². The number of para-hydroxylation sites is 2. The quantitative estimate of drug-likeness (QED) is 0.803. The van der Waals surface area contributed by atoms with Crippen LogP contribution in [-0.2, 0) is 10.0 Å². The molecule has 1 N–H and O–H groups in total. The van der Waals surface area contributed by atoms with Crippen molar-refractivity contribution >= 4 is 15.7 Å². The summed E-state index contributed by atoms with van der Waals surface area (Å²) in [5.41, 5.74) is 1.48. The zero-order chi connectivity index (χ0) is 18.4. The van der Waals surface area contributed by atoms with Crippen LogP contribution in [0.4, 0.5) is 5.69 Å². The van der Waals surface area contributed by atoms with Gasteiger partial charge in [-0.25, -0.2) is 8.42 Å². The van der Waals surface area contributed by atoms with Gasteiger partial charge in [0.15, 0.2) is 0 Å². The SMILES string of the molecule is Cc1ccc(S(=O)(=O)Nc2ccccc2OCCN2CCCCC2)cc1. The first-order valence-corrected chi connectivity index (χ1v) is 10.6. The van der Waals surface area contributed by atoms with Crippen LogP contribution in [0.3, 0.4) is 0 Å². The number of hydrogen-bond donors (Lipinski definition) is 1. The number of benzene rings is 2. The number of nitrogens with zero attached hydrogens (tertiary/aromatic N) is 1. The summed E-state index contributed by atoms with van der Waals surface area (Å²) >= 11 is 0. The van der Waals surface area contributed by atoms with Gasteiger partial charge in [0.2, 0.25) is 0 Å². The van der Waals surface area contributed by atoms with Crippen molar-refractivity contribution in [1.82, 2.24) is 4.90 Å². The molecular formula is C20H26N2O3S. The van der Waals surface area contributed by atoms with E-state index in [4.69, 9.17) is 4.74 Å². The van der Waals surface area contributed by atoms with Crippen molar-refractivity contribution < 1.29 is 13.2 Å². The number of nitrogens with one attached hydrogen (secondary N) is 1. The fraction of sp³-hybridized carbons (Fsp3) is 0.400. The second-order valence-corrected chi connectivity index (χ2v) is 8.35. The number of likely N-dealkylation sites (tertiary alicyclic amines) is 1. The van der Waals surface area contributed by atoms with E-state index < -0.39 is 10.0 Å². The molecule has 3 rings (SSSR count). The van der Waals surface area contributed by atoms with E-state index in [-0.39, 0.29) is 4.90 Å². The molecule has 0 atom stereocenters. The topological polar surface area (TPSA) is 58.6 Å². The van der Waals surface area contributed by atoms with Crippen LogP contribution < -0.4 is 9.46 Å². The molecule has 2 aromatic carbocycles. The number of anilines is 1. The second kappa shape index (κ2) is 8.56. The Hall–Kier alpha value is -2.05. The van der Waals surface area contributed by atoms with Gasteiger partial charge in [-0.1, -0.05) is 36.2 Å². The van der Waals surface area contributed by atoms with E-state index in [0.717, 1.165) is 25.2 Å². The third kappa shape index (κ3) is 4.99. The first-order chi connectivity index (χ1) is 12.5. The van der Waals surface area contributed by atoms with Crippen LogP contribution >= 0.6 is 0 Å². The number of rotatable bonds is 7. The van der Waals surface area contributed by atoms with Gasteiger partial charge in [-0.15, -0.1) is 0 Å². The highest BCUT2D eigenvalue weighted by atomic mass is 32.2. The van der Waals surface area contributed by atoms with Crippen LogP contribution in [0.5, 0.6) is 5.75 Å². The zero-order valence-corrected chi connectivity index (χ0v) is 16.0. The van der Waals surface area contributed by atoms with Gasteiger partial charge in [0, 0.05) is 6.54 Å². The second-order valence-electron chi connectivity index (χ2n) is 6.67. The number of ether oxygens (including phenoxy) is 1. The van der Waals surface area contributed by atoms with Gasteiger partial charge in [0.1, 0.15) is 12.4 Å². The van der Waals surface area contributed by atoms with Crippen molar-refractivity contribution in [2.45, 2.75) is 31.1 Å². The van der Waals surface area contributed by atoms with Crippen LogP contribution in [0.2, 0.25) is 0 Å². The average molecular weight is 375 g/mol. The smallest absolute Gasteiger partial charge is 0.262 e.